The molecular weight excluding hydrogens is 414 g/mol. The molecule has 2 aromatic rings. The van der Waals surface area contributed by atoms with Gasteiger partial charge in [-0.2, -0.15) is 0 Å². The molecule has 1 saturated heterocycles. The van der Waals surface area contributed by atoms with Gasteiger partial charge in [0, 0.05) is 43.4 Å². The second-order valence-corrected chi connectivity index (χ2v) is 10.2. The van der Waals surface area contributed by atoms with Crippen LogP contribution in [0.15, 0.2) is 24.5 Å². The summed E-state index contributed by atoms with van der Waals surface area (Å²) < 4.78 is 0. The molecular formula is C26H37N5O2. The predicted octanol–water partition coefficient (Wildman–Crippen LogP) is 3.57. The van der Waals surface area contributed by atoms with E-state index in [0.717, 1.165) is 41.9 Å². The van der Waals surface area contributed by atoms with Crippen LogP contribution in [0, 0.1) is 24.7 Å². The minimum Gasteiger partial charge on any atom is -0.362 e. The van der Waals surface area contributed by atoms with Gasteiger partial charge in [0.1, 0.15) is 12.1 Å². The van der Waals surface area contributed by atoms with Crippen molar-refractivity contribution in [2.24, 2.45) is 17.8 Å². The van der Waals surface area contributed by atoms with Gasteiger partial charge < -0.3 is 10.6 Å². The number of anilines is 1. The first-order chi connectivity index (χ1) is 15.9. The zero-order valence-corrected chi connectivity index (χ0v) is 20.1. The number of nitrogens with zero attached hydrogens (tertiary/aromatic N) is 3. The topological polar surface area (TPSA) is 87.2 Å². The first-order valence-corrected chi connectivity index (χ1v) is 12.4. The van der Waals surface area contributed by atoms with Gasteiger partial charge in [-0.15, -0.1) is 0 Å². The minimum atomic E-state index is 0.0572. The molecule has 7 heteroatoms. The quantitative estimate of drug-likeness (QED) is 0.606. The fraction of sp³-hybridized carbons (Fsp3) is 0.615. The van der Waals surface area contributed by atoms with Gasteiger partial charge in [0.2, 0.25) is 5.91 Å². The van der Waals surface area contributed by atoms with Crippen molar-refractivity contribution in [1.82, 2.24) is 20.2 Å². The lowest BCUT2D eigenvalue weighted by molar-refractivity contribution is -0.124. The van der Waals surface area contributed by atoms with Gasteiger partial charge in [-0.1, -0.05) is 25.5 Å². The van der Waals surface area contributed by atoms with Crippen LogP contribution in [-0.2, 0) is 9.59 Å². The van der Waals surface area contributed by atoms with E-state index in [1.165, 1.54) is 25.7 Å². The summed E-state index contributed by atoms with van der Waals surface area (Å²) in [5.41, 5.74) is 2.03. The van der Waals surface area contributed by atoms with E-state index >= 15 is 0 Å². The summed E-state index contributed by atoms with van der Waals surface area (Å²) in [5, 5.41) is 7.27. The molecule has 7 nitrogen and oxygen atoms in total. The van der Waals surface area contributed by atoms with Crippen LogP contribution in [0.2, 0.25) is 0 Å². The number of carbonyl (C=O) groups is 2. The summed E-state index contributed by atoms with van der Waals surface area (Å²) in [6, 6.07) is 6.71. The Balaban J connectivity index is 1.15. The maximum Gasteiger partial charge on any atom is 0.222 e. The molecule has 1 aliphatic carbocycles. The number of likely N-dealkylation sites (tertiary alicyclic amines) is 1. The van der Waals surface area contributed by atoms with Gasteiger partial charge >= 0.3 is 0 Å². The average molecular weight is 452 g/mol. The van der Waals surface area contributed by atoms with Crippen molar-refractivity contribution in [2.75, 3.05) is 31.5 Å². The Morgan fingerprint density at radius 2 is 1.85 bits per heavy atom. The molecule has 2 heterocycles. The van der Waals surface area contributed by atoms with Crippen LogP contribution < -0.4 is 10.6 Å². The highest BCUT2D eigenvalue weighted by Gasteiger charge is 2.35. The Labute approximate surface area is 196 Å². The molecule has 1 aromatic heterocycles. The zero-order valence-electron chi connectivity index (χ0n) is 20.1. The lowest BCUT2D eigenvalue weighted by atomic mass is 9.82. The van der Waals surface area contributed by atoms with Crippen molar-refractivity contribution < 1.29 is 9.59 Å². The Bertz CT molecular complexity index is 978. The summed E-state index contributed by atoms with van der Waals surface area (Å²) in [5.74, 6) is 2.26. The third-order valence-corrected chi connectivity index (χ3v) is 7.17. The molecule has 0 spiro atoms. The molecule has 2 N–H and O–H groups in total. The molecule has 0 radical (unpaired) electrons. The minimum absolute atomic E-state index is 0.0572. The largest absolute Gasteiger partial charge is 0.362 e. The second kappa shape index (κ2) is 10.6. The van der Waals surface area contributed by atoms with E-state index in [0.29, 0.717) is 30.8 Å². The molecule has 178 valence electrons. The van der Waals surface area contributed by atoms with E-state index in [1.54, 1.807) is 6.33 Å². The number of benzene rings is 1. The third kappa shape index (κ3) is 6.08. The first-order valence-electron chi connectivity index (χ1n) is 12.4. The van der Waals surface area contributed by atoms with Gasteiger partial charge in [0.05, 0.1) is 12.1 Å². The van der Waals surface area contributed by atoms with Crippen LogP contribution in [0.1, 0.15) is 51.5 Å². The zero-order chi connectivity index (χ0) is 23.4. The number of amides is 1. The smallest absolute Gasteiger partial charge is 0.222 e. The molecule has 1 amide bonds. The van der Waals surface area contributed by atoms with Gasteiger partial charge in [-0.3, -0.25) is 14.5 Å². The number of aryl methyl sites for hydroxylation is 1. The summed E-state index contributed by atoms with van der Waals surface area (Å²) >= 11 is 0. The van der Waals surface area contributed by atoms with E-state index in [-0.39, 0.29) is 17.6 Å². The summed E-state index contributed by atoms with van der Waals surface area (Å²) in [7, 11) is 0. The number of hydrogen-bond acceptors (Lipinski definition) is 6. The lowest BCUT2D eigenvalue weighted by Crippen LogP contribution is -2.53. The van der Waals surface area contributed by atoms with Crippen molar-refractivity contribution in [3.63, 3.8) is 0 Å². The SMILES string of the molecule is Cc1ccc2ncnc(NCC(=O)CC3CN(C4CCC(CNC(=O)C(C)C)CC4)C3)c2c1. The third-order valence-electron chi connectivity index (χ3n) is 7.17. The predicted molar refractivity (Wildman–Crippen MR) is 131 cm³/mol. The molecule has 1 aliphatic heterocycles. The number of ketones is 1. The number of aromatic nitrogens is 2. The van der Waals surface area contributed by atoms with Gasteiger partial charge in [0.25, 0.3) is 0 Å². The van der Waals surface area contributed by atoms with E-state index in [9.17, 15) is 9.59 Å². The van der Waals surface area contributed by atoms with Gasteiger partial charge in [0.15, 0.2) is 5.78 Å². The van der Waals surface area contributed by atoms with Crippen molar-refractivity contribution in [2.45, 2.75) is 58.9 Å². The highest BCUT2D eigenvalue weighted by molar-refractivity contribution is 5.91. The van der Waals surface area contributed by atoms with Crippen molar-refractivity contribution in [3.8, 4) is 0 Å². The van der Waals surface area contributed by atoms with Crippen LogP contribution in [0.5, 0.6) is 0 Å². The first kappa shape index (κ1) is 23.6. The molecule has 0 atom stereocenters. The fourth-order valence-electron chi connectivity index (χ4n) is 5.09. The van der Waals surface area contributed by atoms with Crippen LogP contribution in [-0.4, -0.2) is 58.8 Å². The van der Waals surface area contributed by atoms with Gasteiger partial charge in [-0.05, 0) is 56.6 Å². The van der Waals surface area contributed by atoms with Crippen molar-refractivity contribution >= 4 is 28.4 Å². The van der Waals surface area contributed by atoms with Crippen LogP contribution in [0.25, 0.3) is 10.9 Å². The second-order valence-electron chi connectivity index (χ2n) is 10.2. The summed E-state index contributed by atoms with van der Waals surface area (Å²) in [4.78, 5) is 35.5. The number of Topliss-reactive ketones (excluding diaryl/α,β-unsaturated/α-hetero) is 1. The van der Waals surface area contributed by atoms with E-state index in [4.69, 9.17) is 0 Å². The molecule has 1 saturated carbocycles. The number of rotatable bonds is 9. The lowest BCUT2D eigenvalue weighted by Gasteiger charge is -2.46. The summed E-state index contributed by atoms with van der Waals surface area (Å²) in [6.07, 6.45) is 6.93. The Kier molecular flexibility index (Phi) is 7.58. The normalized spacial score (nSPS) is 21.7. The number of nitrogens with one attached hydrogen (secondary N) is 2. The van der Waals surface area contributed by atoms with Crippen molar-refractivity contribution in [1.29, 1.82) is 0 Å². The van der Waals surface area contributed by atoms with E-state index in [2.05, 4.69) is 31.6 Å². The molecule has 0 unspecified atom stereocenters. The Morgan fingerprint density at radius 1 is 1.09 bits per heavy atom. The van der Waals surface area contributed by atoms with E-state index in [1.807, 2.05) is 32.9 Å². The molecule has 2 aliphatic rings. The van der Waals surface area contributed by atoms with Crippen LogP contribution >= 0.6 is 0 Å². The Morgan fingerprint density at radius 3 is 2.58 bits per heavy atom. The molecule has 0 bridgehead atoms. The molecule has 2 fully saturated rings. The fourth-order valence-corrected chi connectivity index (χ4v) is 5.09. The summed E-state index contributed by atoms with van der Waals surface area (Å²) in [6.45, 7) is 9.10. The number of hydrogen-bond donors (Lipinski definition) is 2. The van der Waals surface area contributed by atoms with E-state index < -0.39 is 0 Å². The maximum absolute atomic E-state index is 12.6. The molecule has 4 rings (SSSR count). The highest BCUT2D eigenvalue weighted by Crippen LogP contribution is 2.32. The number of fused-ring (bicyclic) bond motifs is 1. The molecule has 33 heavy (non-hydrogen) atoms. The van der Waals surface area contributed by atoms with Crippen LogP contribution in [0.4, 0.5) is 5.82 Å². The molecule has 1 aromatic carbocycles. The standard InChI is InChI=1S/C26H37N5O2/c1-17(2)26(33)28-12-19-5-7-21(8-6-19)31-14-20(15-31)11-22(32)13-27-25-23-10-18(3)4-9-24(23)29-16-30-25/h4,9-10,16-17,19-21H,5-8,11-15H2,1-3H3,(H,28,33)(H,27,29,30). The number of carbonyl (C=O) groups excluding carboxylic acids is 2. The monoisotopic (exact) mass is 451 g/mol. The Hall–Kier alpha value is -2.54. The highest BCUT2D eigenvalue weighted by atomic mass is 16.1. The van der Waals surface area contributed by atoms with Gasteiger partial charge in [-0.25, -0.2) is 9.97 Å². The average Bonchev–Trinajstić information content (AvgIpc) is 2.78. The van der Waals surface area contributed by atoms with Crippen LogP contribution in [0.3, 0.4) is 0 Å². The maximum atomic E-state index is 12.6. The van der Waals surface area contributed by atoms with Crippen molar-refractivity contribution in [3.05, 3.63) is 30.1 Å².